The number of benzene rings is 2. The van der Waals surface area contributed by atoms with Crippen molar-refractivity contribution in [2.24, 2.45) is 0 Å². The van der Waals surface area contributed by atoms with Crippen LogP contribution in [-0.4, -0.2) is 0 Å². The molecule has 1 atom stereocenters. The van der Waals surface area contributed by atoms with E-state index in [2.05, 4.69) is 0 Å². The first-order chi connectivity index (χ1) is 7.75. The minimum Gasteiger partial charge on any atom is -0.470 e. The van der Waals surface area contributed by atoms with Gasteiger partial charge in [0.2, 0.25) is 0 Å². The average Bonchev–Trinajstić information content (AvgIpc) is 2.31. The van der Waals surface area contributed by atoms with Gasteiger partial charge in [0.1, 0.15) is 11.6 Å². The smallest absolute Gasteiger partial charge is 0.197 e. The third-order valence-corrected chi connectivity index (χ3v) is 2.46. The molecule has 3 heteroatoms. The molecule has 1 nitrogen and oxygen atoms in total. The van der Waals surface area contributed by atoms with Crippen molar-refractivity contribution in [3.05, 3.63) is 66.0 Å². The molecular formula is C13H10ClFO. The van der Waals surface area contributed by atoms with Crippen LogP contribution in [0.5, 0.6) is 5.75 Å². The second-order valence-electron chi connectivity index (χ2n) is 3.30. The maximum absolute atomic E-state index is 12.7. The highest BCUT2D eigenvalue weighted by molar-refractivity contribution is 6.20. The van der Waals surface area contributed by atoms with Gasteiger partial charge < -0.3 is 4.74 Å². The summed E-state index contributed by atoms with van der Waals surface area (Å²) in [7, 11) is 0. The zero-order chi connectivity index (χ0) is 11.4. The van der Waals surface area contributed by atoms with Crippen molar-refractivity contribution < 1.29 is 9.13 Å². The molecular weight excluding hydrogens is 227 g/mol. The molecule has 0 aromatic heterocycles. The van der Waals surface area contributed by atoms with E-state index >= 15 is 0 Å². The van der Waals surface area contributed by atoms with Crippen LogP contribution in [0.4, 0.5) is 4.39 Å². The van der Waals surface area contributed by atoms with Crippen LogP contribution in [0.2, 0.25) is 0 Å². The van der Waals surface area contributed by atoms with Gasteiger partial charge >= 0.3 is 0 Å². The standard InChI is InChI=1S/C13H10ClFO/c14-13(10-6-8-11(15)9-7-10)16-12-4-2-1-3-5-12/h1-9,13H. The lowest BCUT2D eigenvalue weighted by Crippen LogP contribution is -2.00. The molecule has 0 saturated heterocycles. The summed E-state index contributed by atoms with van der Waals surface area (Å²) in [4.78, 5) is 0. The van der Waals surface area contributed by atoms with Gasteiger partial charge in [-0.2, -0.15) is 0 Å². The van der Waals surface area contributed by atoms with E-state index in [9.17, 15) is 4.39 Å². The monoisotopic (exact) mass is 236 g/mol. The Morgan fingerprint density at radius 3 is 2.19 bits per heavy atom. The summed E-state index contributed by atoms with van der Waals surface area (Å²) in [5, 5.41) is 0. The maximum atomic E-state index is 12.7. The van der Waals surface area contributed by atoms with E-state index < -0.39 is 5.56 Å². The summed E-state index contributed by atoms with van der Waals surface area (Å²) in [6.45, 7) is 0. The fourth-order valence-corrected chi connectivity index (χ4v) is 1.55. The van der Waals surface area contributed by atoms with E-state index in [0.717, 1.165) is 5.56 Å². The second-order valence-corrected chi connectivity index (χ2v) is 3.69. The Balaban J connectivity index is 2.09. The Bertz CT molecular complexity index is 441. The number of hydrogen-bond donors (Lipinski definition) is 0. The van der Waals surface area contributed by atoms with Gasteiger partial charge in [0.05, 0.1) is 0 Å². The van der Waals surface area contributed by atoms with E-state index in [0.29, 0.717) is 5.75 Å². The minimum absolute atomic E-state index is 0.285. The molecule has 2 aromatic carbocycles. The van der Waals surface area contributed by atoms with Crippen molar-refractivity contribution in [1.29, 1.82) is 0 Å². The molecule has 1 unspecified atom stereocenters. The first-order valence-corrected chi connectivity index (χ1v) is 5.30. The normalized spacial score (nSPS) is 12.1. The predicted octanol–water partition coefficient (Wildman–Crippen LogP) is 4.14. The van der Waals surface area contributed by atoms with E-state index in [1.54, 1.807) is 12.1 Å². The summed E-state index contributed by atoms with van der Waals surface area (Å²) in [6.07, 6.45) is 0. The number of ether oxygens (including phenoxy) is 1. The SMILES string of the molecule is Fc1ccc(C(Cl)Oc2ccccc2)cc1. The van der Waals surface area contributed by atoms with Crippen molar-refractivity contribution in [2.45, 2.75) is 5.56 Å². The molecule has 0 heterocycles. The van der Waals surface area contributed by atoms with Crippen molar-refractivity contribution in [1.82, 2.24) is 0 Å². The van der Waals surface area contributed by atoms with E-state index in [1.165, 1.54) is 12.1 Å². The third-order valence-electron chi connectivity index (χ3n) is 2.11. The molecule has 16 heavy (non-hydrogen) atoms. The lowest BCUT2D eigenvalue weighted by molar-refractivity contribution is 0.288. The van der Waals surface area contributed by atoms with Gasteiger partial charge in [-0.25, -0.2) is 4.39 Å². The highest BCUT2D eigenvalue weighted by Gasteiger charge is 2.08. The van der Waals surface area contributed by atoms with Crippen LogP contribution in [0.25, 0.3) is 0 Å². The van der Waals surface area contributed by atoms with E-state index in [1.807, 2.05) is 30.3 Å². The molecule has 82 valence electrons. The number of para-hydroxylation sites is 1. The van der Waals surface area contributed by atoms with Crippen LogP contribution in [0.1, 0.15) is 11.1 Å². The Morgan fingerprint density at radius 2 is 1.56 bits per heavy atom. The first-order valence-electron chi connectivity index (χ1n) is 4.87. The molecule has 2 aromatic rings. The summed E-state index contributed by atoms with van der Waals surface area (Å²) < 4.78 is 18.2. The average molecular weight is 237 g/mol. The van der Waals surface area contributed by atoms with Crippen LogP contribution in [-0.2, 0) is 0 Å². The fraction of sp³-hybridized carbons (Fsp3) is 0.0769. The third kappa shape index (κ3) is 2.74. The van der Waals surface area contributed by atoms with Crippen LogP contribution in [0, 0.1) is 5.82 Å². The van der Waals surface area contributed by atoms with Crippen molar-refractivity contribution in [2.75, 3.05) is 0 Å². The number of rotatable bonds is 3. The van der Waals surface area contributed by atoms with Crippen LogP contribution < -0.4 is 4.74 Å². The fourth-order valence-electron chi connectivity index (χ4n) is 1.30. The number of halogens is 2. The maximum Gasteiger partial charge on any atom is 0.197 e. The summed E-state index contributed by atoms with van der Waals surface area (Å²) >= 11 is 6.05. The lowest BCUT2D eigenvalue weighted by atomic mass is 10.2. The Labute approximate surface area is 98.4 Å². The zero-order valence-electron chi connectivity index (χ0n) is 8.44. The van der Waals surface area contributed by atoms with E-state index in [4.69, 9.17) is 16.3 Å². The van der Waals surface area contributed by atoms with Gasteiger partial charge in [-0.3, -0.25) is 0 Å². The topological polar surface area (TPSA) is 9.23 Å². The molecule has 0 aliphatic rings. The van der Waals surface area contributed by atoms with Crippen molar-refractivity contribution in [3.8, 4) is 5.75 Å². The summed E-state index contributed by atoms with van der Waals surface area (Å²) in [5.41, 5.74) is 0.120. The molecule has 0 bridgehead atoms. The first kappa shape index (κ1) is 11.0. The Morgan fingerprint density at radius 1 is 0.938 bits per heavy atom. The Kier molecular flexibility index (Phi) is 3.42. The summed E-state index contributed by atoms with van der Waals surface area (Å²) in [6, 6.07) is 15.2. The van der Waals surface area contributed by atoms with Crippen LogP contribution in [0.3, 0.4) is 0 Å². The zero-order valence-corrected chi connectivity index (χ0v) is 9.19. The molecule has 0 saturated carbocycles. The predicted molar refractivity (Wildman–Crippen MR) is 62.1 cm³/mol. The van der Waals surface area contributed by atoms with E-state index in [-0.39, 0.29) is 5.82 Å². The minimum atomic E-state index is -0.608. The molecule has 0 fully saturated rings. The number of alkyl halides is 1. The van der Waals surface area contributed by atoms with Crippen LogP contribution >= 0.6 is 11.6 Å². The molecule has 0 aliphatic carbocycles. The molecule has 0 amide bonds. The van der Waals surface area contributed by atoms with Gasteiger partial charge in [0.15, 0.2) is 5.56 Å². The van der Waals surface area contributed by atoms with Gasteiger partial charge in [-0.1, -0.05) is 41.9 Å². The molecule has 0 aliphatic heterocycles. The largest absolute Gasteiger partial charge is 0.470 e. The van der Waals surface area contributed by atoms with Crippen LogP contribution in [0.15, 0.2) is 54.6 Å². The highest BCUT2D eigenvalue weighted by Crippen LogP contribution is 2.24. The second kappa shape index (κ2) is 4.99. The van der Waals surface area contributed by atoms with Crippen molar-refractivity contribution >= 4 is 11.6 Å². The quantitative estimate of drug-likeness (QED) is 0.728. The van der Waals surface area contributed by atoms with Gasteiger partial charge in [-0.15, -0.1) is 0 Å². The molecule has 0 radical (unpaired) electrons. The molecule has 2 rings (SSSR count). The molecule has 0 N–H and O–H groups in total. The van der Waals surface area contributed by atoms with Gasteiger partial charge in [0.25, 0.3) is 0 Å². The van der Waals surface area contributed by atoms with Gasteiger partial charge in [-0.05, 0) is 24.3 Å². The Hall–Kier alpha value is -1.54. The molecule has 0 spiro atoms. The number of hydrogen-bond acceptors (Lipinski definition) is 1. The van der Waals surface area contributed by atoms with Crippen molar-refractivity contribution in [3.63, 3.8) is 0 Å². The highest BCUT2D eigenvalue weighted by atomic mass is 35.5. The summed E-state index contributed by atoms with van der Waals surface area (Å²) in [5.74, 6) is 0.402. The van der Waals surface area contributed by atoms with Gasteiger partial charge in [0, 0.05) is 5.56 Å². The lowest BCUT2D eigenvalue weighted by Gasteiger charge is -2.12.